The highest BCUT2D eigenvalue weighted by Crippen LogP contribution is 2.34. The second-order valence-electron chi connectivity index (χ2n) is 4.93. The van der Waals surface area contributed by atoms with E-state index in [4.69, 9.17) is 0 Å². The van der Waals surface area contributed by atoms with Crippen LogP contribution in [-0.4, -0.2) is 30.3 Å². The van der Waals surface area contributed by atoms with Crippen LogP contribution in [0.15, 0.2) is 28.7 Å². The number of halogens is 1. The van der Waals surface area contributed by atoms with Gasteiger partial charge in [-0.3, -0.25) is 9.69 Å². The molecule has 17 heavy (non-hydrogen) atoms. The van der Waals surface area contributed by atoms with E-state index in [0.717, 1.165) is 16.0 Å². The standard InChI is InChI=1S/C14H18BrNO/c1-10(11-6-7-11)16(2)9-14(17)12-4-3-5-13(15)8-12/h3-5,8,10-11H,6-7,9H2,1-2H3. The monoisotopic (exact) mass is 295 g/mol. The van der Waals surface area contributed by atoms with Crippen molar-refractivity contribution < 1.29 is 4.79 Å². The lowest BCUT2D eigenvalue weighted by atomic mass is 10.1. The minimum absolute atomic E-state index is 0.196. The van der Waals surface area contributed by atoms with Gasteiger partial charge < -0.3 is 0 Å². The highest BCUT2D eigenvalue weighted by Gasteiger charge is 2.31. The van der Waals surface area contributed by atoms with Crippen molar-refractivity contribution in [3.63, 3.8) is 0 Å². The molecule has 1 aliphatic rings. The van der Waals surface area contributed by atoms with E-state index >= 15 is 0 Å². The molecule has 0 saturated heterocycles. The Morgan fingerprint density at radius 1 is 1.53 bits per heavy atom. The number of ketones is 1. The van der Waals surface area contributed by atoms with Crippen LogP contribution in [0.25, 0.3) is 0 Å². The molecule has 0 bridgehead atoms. The smallest absolute Gasteiger partial charge is 0.176 e. The fourth-order valence-corrected chi connectivity index (χ4v) is 2.46. The number of likely N-dealkylation sites (N-methyl/N-ethyl adjacent to an activating group) is 1. The Labute approximate surface area is 111 Å². The van der Waals surface area contributed by atoms with Gasteiger partial charge in [0.25, 0.3) is 0 Å². The Kier molecular flexibility index (Phi) is 4.00. The van der Waals surface area contributed by atoms with Crippen LogP contribution in [-0.2, 0) is 0 Å². The third kappa shape index (κ3) is 3.39. The molecule has 0 aromatic heterocycles. The molecule has 1 aliphatic carbocycles. The first-order valence-electron chi connectivity index (χ1n) is 6.07. The molecule has 1 saturated carbocycles. The van der Waals surface area contributed by atoms with Crippen molar-refractivity contribution in [2.75, 3.05) is 13.6 Å². The Morgan fingerprint density at radius 2 is 2.24 bits per heavy atom. The van der Waals surface area contributed by atoms with Gasteiger partial charge in [0.05, 0.1) is 6.54 Å². The molecule has 1 atom stereocenters. The molecule has 0 spiro atoms. The van der Waals surface area contributed by atoms with E-state index in [-0.39, 0.29) is 5.78 Å². The first-order chi connectivity index (χ1) is 8.08. The van der Waals surface area contributed by atoms with Gasteiger partial charge in [0.15, 0.2) is 5.78 Å². The summed E-state index contributed by atoms with van der Waals surface area (Å²) in [6.07, 6.45) is 2.63. The maximum atomic E-state index is 12.1. The van der Waals surface area contributed by atoms with Crippen LogP contribution < -0.4 is 0 Å². The summed E-state index contributed by atoms with van der Waals surface area (Å²) in [5.41, 5.74) is 0.786. The lowest BCUT2D eigenvalue weighted by molar-refractivity contribution is 0.0917. The highest BCUT2D eigenvalue weighted by molar-refractivity contribution is 9.10. The van der Waals surface area contributed by atoms with Gasteiger partial charge in [-0.25, -0.2) is 0 Å². The Hall–Kier alpha value is -0.670. The van der Waals surface area contributed by atoms with E-state index in [2.05, 4.69) is 27.8 Å². The van der Waals surface area contributed by atoms with E-state index in [1.165, 1.54) is 12.8 Å². The minimum Gasteiger partial charge on any atom is -0.296 e. The van der Waals surface area contributed by atoms with Gasteiger partial charge in [-0.2, -0.15) is 0 Å². The number of carbonyl (C=O) groups is 1. The van der Waals surface area contributed by atoms with Crippen molar-refractivity contribution in [1.29, 1.82) is 0 Å². The third-order valence-corrected chi connectivity index (χ3v) is 4.03. The van der Waals surface area contributed by atoms with Crippen molar-refractivity contribution in [2.24, 2.45) is 5.92 Å². The summed E-state index contributed by atoms with van der Waals surface area (Å²) >= 11 is 3.39. The predicted octanol–water partition coefficient (Wildman–Crippen LogP) is 3.36. The van der Waals surface area contributed by atoms with Crippen LogP contribution >= 0.6 is 15.9 Å². The highest BCUT2D eigenvalue weighted by atomic mass is 79.9. The molecule has 92 valence electrons. The van der Waals surface area contributed by atoms with E-state index in [1.54, 1.807) is 0 Å². The van der Waals surface area contributed by atoms with Gasteiger partial charge in [-0.15, -0.1) is 0 Å². The largest absolute Gasteiger partial charge is 0.296 e. The van der Waals surface area contributed by atoms with Crippen LogP contribution in [0.5, 0.6) is 0 Å². The quantitative estimate of drug-likeness (QED) is 0.777. The lowest BCUT2D eigenvalue weighted by Crippen LogP contribution is -2.35. The molecule has 2 rings (SSSR count). The SMILES string of the molecule is CC(C1CC1)N(C)CC(=O)c1cccc(Br)c1. The molecule has 1 fully saturated rings. The molecule has 3 heteroatoms. The molecule has 1 unspecified atom stereocenters. The summed E-state index contributed by atoms with van der Waals surface area (Å²) < 4.78 is 0.959. The first kappa shape index (κ1) is 12.8. The maximum Gasteiger partial charge on any atom is 0.176 e. The van der Waals surface area contributed by atoms with Gasteiger partial charge in [-0.1, -0.05) is 28.1 Å². The zero-order valence-corrected chi connectivity index (χ0v) is 11.9. The maximum absolute atomic E-state index is 12.1. The van der Waals surface area contributed by atoms with Gasteiger partial charge >= 0.3 is 0 Å². The summed E-state index contributed by atoms with van der Waals surface area (Å²) in [7, 11) is 2.04. The summed E-state index contributed by atoms with van der Waals surface area (Å²) in [6.45, 7) is 2.72. The fraction of sp³-hybridized carbons (Fsp3) is 0.500. The van der Waals surface area contributed by atoms with Gasteiger partial charge in [0, 0.05) is 16.1 Å². The van der Waals surface area contributed by atoms with E-state index in [9.17, 15) is 4.79 Å². The number of carbonyl (C=O) groups excluding carboxylic acids is 1. The molecule has 0 radical (unpaired) electrons. The van der Waals surface area contributed by atoms with Crippen LogP contribution in [0, 0.1) is 5.92 Å². The molecular weight excluding hydrogens is 278 g/mol. The van der Waals surface area contributed by atoms with Crippen molar-refractivity contribution in [3.05, 3.63) is 34.3 Å². The number of Topliss-reactive ketones (excluding diaryl/α,β-unsaturated/α-hetero) is 1. The van der Waals surface area contributed by atoms with Crippen LogP contribution in [0.1, 0.15) is 30.1 Å². The molecule has 0 heterocycles. The van der Waals surface area contributed by atoms with Gasteiger partial charge in [-0.05, 0) is 44.9 Å². The summed E-state index contributed by atoms with van der Waals surface area (Å²) in [6, 6.07) is 8.13. The predicted molar refractivity (Wildman–Crippen MR) is 73.3 cm³/mol. The minimum atomic E-state index is 0.196. The topological polar surface area (TPSA) is 20.3 Å². The second-order valence-corrected chi connectivity index (χ2v) is 5.84. The molecule has 1 aromatic rings. The summed E-state index contributed by atoms with van der Waals surface area (Å²) in [4.78, 5) is 14.3. The zero-order chi connectivity index (χ0) is 12.4. The van der Waals surface area contributed by atoms with Crippen molar-refractivity contribution in [1.82, 2.24) is 4.90 Å². The third-order valence-electron chi connectivity index (χ3n) is 3.54. The zero-order valence-electron chi connectivity index (χ0n) is 10.3. The van der Waals surface area contributed by atoms with E-state index in [0.29, 0.717) is 12.6 Å². The molecule has 1 aromatic carbocycles. The fourth-order valence-electron chi connectivity index (χ4n) is 2.06. The molecular formula is C14H18BrNO. The molecule has 2 nitrogen and oxygen atoms in total. The molecule has 0 amide bonds. The van der Waals surface area contributed by atoms with Crippen LogP contribution in [0.2, 0.25) is 0 Å². The average Bonchev–Trinajstić information content (AvgIpc) is 3.11. The average molecular weight is 296 g/mol. The molecule has 0 N–H and O–H groups in total. The Bertz CT molecular complexity index is 414. The second kappa shape index (κ2) is 5.32. The Morgan fingerprint density at radius 3 is 2.82 bits per heavy atom. The lowest BCUT2D eigenvalue weighted by Gasteiger charge is -2.23. The van der Waals surface area contributed by atoms with Crippen LogP contribution in [0.4, 0.5) is 0 Å². The van der Waals surface area contributed by atoms with Crippen molar-refractivity contribution in [2.45, 2.75) is 25.8 Å². The molecule has 0 aliphatic heterocycles. The number of nitrogens with zero attached hydrogens (tertiary/aromatic N) is 1. The number of benzene rings is 1. The number of hydrogen-bond acceptors (Lipinski definition) is 2. The van der Waals surface area contributed by atoms with Crippen molar-refractivity contribution in [3.8, 4) is 0 Å². The van der Waals surface area contributed by atoms with E-state index < -0.39 is 0 Å². The van der Waals surface area contributed by atoms with Gasteiger partial charge in [0.1, 0.15) is 0 Å². The normalized spacial score (nSPS) is 17.2. The number of rotatable bonds is 5. The summed E-state index contributed by atoms with van der Waals surface area (Å²) in [5.74, 6) is 0.997. The Balaban J connectivity index is 1.96. The van der Waals surface area contributed by atoms with Crippen LogP contribution in [0.3, 0.4) is 0 Å². The van der Waals surface area contributed by atoms with Crippen molar-refractivity contribution >= 4 is 21.7 Å². The first-order valence-corrected chi connectivity index (χ1v) is 6.86. The number of hydrogen-bond donors (Lipinski definition) is 0. The van der Waals surface area contributed by atoms with Gasteiger partial charge in [0.2, 0.25) is 0 Å². The van der Waals surface area contributed by atoms with E-state index in [1.807, 2.05) is 31.3 Å². The summed E-state index contributed by atoms with van der Waals surface area (Å²) in [5, 5.41) is 0.